The van der Waals surface area contributed by atoms with Crippen LogP contribution in [0.2, 0.25) is 0 Å². The highest BCUT2D eigenvalue weighted by molar-refractivity contribution is 5.85. The average molecular weight is 432 g/mol. The first kappa shape index (κ1) is 22.8. The maximum absolute atomic E-state index is 12.7. The number of hydrogen-bond acceptors (Lipinski definition) is 4. The second kappa shape index (κ2) is 9.48. The summed E-state index contributed by atoms with van der Waals surface area (Å²) in [6.45, 7) is 11.1. The Labute approximate surface area is 185 Å². The summed E-state index contributed by atoms with van der Waals surface area (Å²) < 4.78 is 2.28. The standard InChI is InChI=1S/C23H33N5O.ClH/c1-23(2,3)19-7-4-17(5-8-19)6-9-21(29)27-13-10-18(11-14-27)22-26-25-20-16-24-12-15-28(20)22;/h4-5,7-8,18,24H,6,9-16H2,1-3H3;1H. The van der Waals surface area contributed by atoms with Gasteiger partial charge in [-0.2, -0.15) is 0 Å². The summed E-state index contributed by atoms with van der Waals surface area (Å²) in [7, 11) is 0. The molecule has 0 atom stereocenters. The molecule has 4 rings (SSSR count). The van der Waals surface area contributed by atoms with Crippen LogP contribution in [0.25, 0.3) is 0 Å². The third kappa shape index (κ3) is 5.03. The van der Waals surface area contributed by atoms with Gasteiger partial charge in [0.15, 0.2) is 0 Å². The molecule has 0 unspecified atom stereocenters. The highest BCUT2D eigenvalue weighted by Gasteiger charge is 2.28. The normalized spacial score (nSPS) is 17.4. The lowest BCUT2D eigenvalue weighted by Crippen LogP contribution is -2.39. The minimum Gasteiger partial charge on any atom is -0.343 e. The minimum absolute atomic E-state index is 0. The van der Waals surface area contributed by atoms with Crippen LogP contribution in [-0.4, -0.2) is 45.2 Å². The van der Waals surface area contributed by atoms with Gasteiger partial charge in [0.1, 0.15) is 11.6 Å². The van der Waals surface area contributed by atoms with Gasteiger partial charge in [-0.25, -0.2) is 0 Å². The summed E-state index contributed by atoms with van der Waals surface area (Å²) in [5.74, 6) is 2.86. The molecule has 7 heteroatoms. The van der Waals surface area contributed by atoms with Crippen molar-refractivity contribution in [3.8, 4) is 0 Å². The van der Waals surface area contributed by atoms with Gasteiger partial charge in [0.05, 0.1) is 6.54 Å². The summed E-state index contributed by atoms with van der Waals surface area (Å²) in [4.78, 5) is 14.7. The van der Waals surface area contributed by atoms with Crippen molar-refractivity contribution < 1.29 is 4.79 Å². The van der Waals surface area contributed by atoms with E-state index in [4.69, 9.17) is 0 Å². The Bertz CT molecular complexity index is 847. The lowest BCUT2D eigenvalue weighted by Gasteiger charge is -2.32. The molecule has 1 aromatic heterocycles. The molecule has 1 saturated heterocycles. The summed E-state index contributed by atoms with van der Waals surface area (Å²) in [6.07, 6.45) is 3.37. The monoisotopic (exact) mass is 431 g/mol. The summed E-state index contributed by atoms with van der Waals surface area (Å²) in [5.41, 5.74) is 2.74. The number of aromatic nitrogens is 3. The molecule has 6 nitrogen and oxygen atoms in total. The van der Waals surface area contributed by atoms with Crippen LogP contribution >= 0.6 is 12.4 Å². The first-order valence-corrected chi connectivity index (χ1v) is 10.9. The van der Waals surface area contributed by atoms with Crippen LogP contribution in [0.3, 0.4) is 0 Å². The van der Waals surface area contributed by atoms with Gasteiger partial charge in [0.2, 0.25) is 5.91 Å². The molecule has 0 saturated carbocycles. The Balaban J connectivity index is 0.00000256. The van der Waals surface area contributed by atoms with E-state index in [1.165, 1.54) is 11.1 Å². The second-order valence-corrected chi connectivity index (χ2v) is 9.40. The number of likely N-dealkylation sites (tertiary alicyclic amines) is 1. The number of nitrogens with one attached hydrogen (secondary N) is 1. The molecule has 2 aliphatic rings. The van der Waals surface area contributed by atoms with E-state index in [1.807, 2.05) is 4.90 Å². The molecule has 2 aliphatic heterocycles. The van der Waals surface area contributed by atoms with Gasteiger partial charge < -0.3 is 14.8 Å². The van der Waals surface area contributed by atoms with Crippen molar-refractivity contribution in [2.45, 2.75) is 70.9 Å². The highest BCUT2D eigenvalue weighted by Crippen LogP contribution is 2.28. The van der Waals surface area contributed by atoms with Crippen LogP contribution in [0.5, 0.6) is 0 Å². The van der Waals surface area contributed by atoms with Gasteiger partial charge in [-0.05, 0) is 35.8 Å². The number of nitrogens with zero attached hydrogens (tertiary/aromatic N) is 4. The van der Waals surface area contributed by atoms with E-state index in [2.05, 4.69) is 65.1 Å². The molecular weight excluding hydrogens is 398 g/mol. The van der Waals surface area contributed by atoms with Crippen molar-refractivity contribution >= 4 is 18.3 Å². The smallest absolute Gasteiger partial charge is 0.222 e. The lowest BCUT2D eigenvalue weighted by molar-refractivity contribution is -0.132. The van der Waals surface area contributed by atoms with Crippen molar-refractivity contribution in [2.24, 2.45) is 0 Å². The zero-order valence-corrected chi connectivity index (χ0v) is 19.2. The Kier molecular flexibility index (Phi) is 7.19. The quantitative estimate of drug-likeness (QED) is 0.805. The van der Waals surface area contributed by atoms with Crippen molar-refractivity contribution in [2.75, 3.05) is 19.6 Å². The van der Waals surface area contributed by atoms with Gasteiger partial charge in [-0.15, -0.1) is 22.6 Å². The van der Waals surface area contributed by atoms with Crippen molar-refractivity contribution in [1.82, 2.24) is 25.0 Å². The molecular formula is C23H34ClN5O. The lowest BCUT2D eigenvalue weighted by atomic mass is 9.86. The van der Waals surface area contributed by atoms with E-state index in [0.29, 0.717) is 12.3 Å². The molecule has 0 spiro atoms. The zero-order valence-electron chi connectivity index (χ0n) is 18.4. The van der Waals surface area contributed by atoms with E-state index >= 15 is 0 Å². The molecule has 0 aliphatic carbocycles. The van der Waals surface area contributed by atoms with Gasteiger partial charge in [-0.1, -0.05) is 45.0 Å². The predicted octanol–water partition coefficient (Wildman–Crippen LogP) is 3.44. The maximum atomic E-state index is 12.7. The van der Waals surface area contributed by atoms with Crippen LogP contribution in [0.4, 0.5) is 0 Å². The molecule has 0 radical (unpaired) electrons. The molecule has 3 heterocycles. The third-order valence-corrected chi connectivity index (χ3v) is 6.31. The van der Waals surface area contributed by atoms with E-state index < -0.39 is 0 Å². The molecule has 164 valence electrons. The van der Waals surface area contributed by atoms with Crippen LogP contribution in [0.1, 0.15) is 68.7 Å². The van der Waals surface area contributed by atoms with E-state index in [0.717, 1.165) is 63.6 Å². The molecule has 1 N–H and O–H groups in total. The average Bonchev–Trinajstić information content (AvgIpc) is 3.16. The van der Waals surface area contributed by atoms with Crippen molar-refractivity contribution in [1.29, 1.82) is 0 Å². The number of fused-ring (bicyclic) bond motifs is 1. The van der Waals surface area contributed by atoms with Crippen molar-refractivity contribution in [3.05, 3.63) is 47.0 Å². The van der Waals surface area contributed by atoms with E-state index in [1.54, 1.807) is 0 Å². The number of aryl methyl sites for hydroxylation is 1. The Morgan fingerprint density at radius 2 is 1.80 bits per heavy atom. The van der Waals surface area contributed by atoms with Gasteiger partial charge >= 0.3 is 0 Å². The fourth-order valence-corrected chi connectivity index (χ4v) is 4.38. The van der Waals surface area contributed by atoms with Crippen molar-refractivity contribution in [3.63, 3.8) is 0 Å². The number of amides is 1. The van der Waals surface area contributed by atoms with Gasteiger partial charge in [-0.3, -0.25) is 4.79 Å². The molecule has 0 bridgehead atoms. The topological polar surface area (TPSA) is 63.1 Å². The number of benzene rings is 1. The maximum Gasteiger partial charge on any atom is 0.222 e. The van der Waals surface area contributed by atoms with E-state index in [9.17, 15) is 4.79 Å². The van der Waals surface area contributed by atoms with Crippen LogP contribution in [0, 0.1) is 0 Å². The van der Waals surface area contributed by atoms with Crippen LogP contribution in [-0.2, 0) is 29.7 Å². The summed E-state index contributed by atoms with van der Waals surface area (Å²) in [6, 6.07) is 8.73. The Morgan fingerprint density at radius 1 is 1.10 bits per heavy atom. The fourth-order valence-electron chi connectivity index (χ4n) is 4.38. The van der Waals surface area contributed by atoms with Gasteiger partial charge in [0, 0.05) is 38.5 Å². The number of hydrogen-bond donors (Lipinski definition) is 1. The first-order valence-electron chi connectivity index (χ1n) is 10.9. The molecule has 1 aromatic carbocycles. The molecule has 30 heavy (non-hydrogen) atoms. The third-order valence-electron chi connectivity index (χ3n) is 6.31. The number of rotatable bonds is 4. The molecule has 2 aromatic rings. The number of carbonyl (C=O) groups is 1. The molecule has 1 fully saturated rings. The molecule has 1 amide bonds. The van der Waals surface area contributed by atoms with Crippen LogP contribution in [0.15, 0.2) is 24.3 Å². The first-order chi connectivity index (χ1) is 13.9. The fraction of sp³-hybridized carbons (Fsp3) is 0.609. The minimum atomic E-state index is 0. The highest BCUT2D eigenvalue weighted by atomic mass is 35.5. The Hall–Kier alpha value is -1.92. The largest absolute Gasteiger partial charge is 0.343 e. The van der Waals surface area contributed by atoms with Crippen LogP contribution < -0.4 is 5.32 Å². The Morgan fingerprint density at radius 3 is 2.47 bits per heavy atom. The van der Waals surface area contributed by atoms with E-state index in [-0.39, 0.29) is 23.7 Å². The predicted molar refractivity (Wildman–Crippen MR) is 121 cm³/mol. The van der Waals surface area contributed by atoms with Gasteiger partial charge in [0.25, 0.3) is 0 Å². The zero-order chi connectivity index (χ0) is 20.4. The number of carbonyl (C=O) groups excluding carboxylic acids is 1. The number of halogens is 1. The summed E-state index contributed by atoms with van der Waals surface area (Å²) >= 11 is 0. The SMILES string of the molecule is CC(C)(C)c1ccc(CCC(=O)N2CCC(c3nnc4n3CCNC4)CC2)cc1.Cl. The summed E-state index contributed by atoms with van der Waals surface area (Å²) in [5, 5.41) is 12.1. The number of piperidine rings is 1. The second-order valence-electron chi connectivity index (χ2n) is 9.40.